The van der Waals surface area contributed by atoms with Crippen molar-refractivity contribution in [2.24, 2.45) is 0 Å². The molecule has 0 aliphatic rings. The van der Waals surface area contributed by atoms with Crippen LogP contribution in [0.2, 0.25) is 5.02 Å². The average molecular weight is 301 g/mol. The molecule has 0 aliphatic heterocycles. The lowest BCUT2D eigenvalue weighted by Crippen LogP contribution is -2.20. The monoisotopic (exact) mass is 300 g/mol. The van der Waals surface area contributed by atoms with Gasteiger partial charge in [0.15, 0.2) is 0 Å². The van der Waals surface area contributed by atoms with Crippen molar-refractivity contribution < 1.29 is 0 Å². The zero-order valence-corrected chi connectivity index (χ0v) is 13.1. The Morgan fingerprint density at radius 1 is 1.33 bits per heavy atom. The Hall–Kier alpha value is -2.25. The second-order valence-electron chi connectivity index (χ2n) is 5.10. The Morgan fingerprint density at radius 3 is 2.71 bits per heavy atom. The Labute approximate surface area is 129 Å². The zero-order valence-electron chi connectivity index (χ0n) is 12.3. The molecular weight excluding hydrogens is 284 g/mol. The molecule has 0 atom stereocenters. The number of rotatable bonds is 3. The summed E-state index contributed by atoms with van der Waals surface area (Å²) in [4.78, 5) is 6.40. The van der Waals surface area contributed by atoms with Crippen LogP contribution in [0.5, 0.6) is 0 Å². The van der Waals surface area contributed by atoms with Crippen molar-refractivity contribution in [1.29, 1.82) is 5.26 Å². The number of nitrogens with two attached hydrogens (primary N) is 1. The summed E-state index contributed by atoms with van der Waals surface area (Å²) < 4.78 is 0. The zero-order chi connectivity index (χ0) is 15.6. The van der Waals surface area contributed by atoms with Crippen molar-refractivity contribution in [3.8, 4) is 6.07 Å². The molecule has 0 amide bonds. The highest BCUT2D eigenvalue weighted by Gasteiger charge is 2.14. The van der Waals surface area contributed by atoms with Gasteiger partial charge in [0.05, 0.1) is 5.56 Å². The summed E-state index contributed by atoms with van der Waals surface area (Å²) in [6, 6.07) is 9.51. The first-order chi connectivity index (χ1) is 9.92. The third kappa shape index (κ3) is 3.26. The lowest BCUT2D eigenvalue weighted by atomic mass is 10.1. The number of aromatic nitrogens is 1. The largest absolute Gasteiger partial charge is 0.399 e. The number of benzene rings is 1. The van der Waals surface area contributed by atoms with Crippen LogP contribution in [0.15, 0.2) is 24.3 Å². The molecule has 0 saturated carbocycles. The minimum absolute atomic E-state index is 0.536. The van der Waals surface area contributed by atoms with Crippen LogP contribution in [0.3, 0.4) is 0 Å². The minimum Gasteiger partial charge on any atom is -0.399 e. The summed E-state index contributed by atoms with van der Waals surface area (Å²) in [7, 11) is 1.89. The third-order valence-electron chi connectivity index (χ3n) is 3.28. The van der Waals surface area contributed by atoms with Gasteiger partial charge in [-0.3, -0.25) is 0 Å². The topological polar surface area (TPSA) is 65.9 Å². The fourth-order valence-corrected chi connectivity index (χ4v) is 2.46. The van der Waals surface area contributed by atoms with Crippen molar-refractivity contribution >= 4 is 23.1 Å². The standard InChI is InChI=1S/C16H17ClN4/c1-10-6-11(2)20-16(14(10)8-18)21(3)9-12-7-13(19)4-5-15(12)17/h4-7H,9,19H2,1-3H3. The number of nitrogens with zero attached hydrogens (tertiary/aromatic N) is 3. The summed E-state index contributed by atoms with van der Waals surface area (Å²) in [5.74, 6) is 0.661. The number of pyridine rings is 1. The Morgan fingerprint density at radius 2 is 2.05 bits per heavy atom. The Bertz CT molecular complexity index is 719. The molecule has 0 radical (unpaired) electrons. The van der Waals surface area contributed by atoms with Crippen LogP contribution in [0, 0.1) is 25.2 Å². The van der Waals surface area contributed by atoms with Crippen LogP contribution in [-0.4, -0.2) is 12.0 Å². The SMILES string of the molecule is Cc1cc(C)c(C#N)c(N(C)Cc2cc(N)ccc2Cl)n1. The molecule has 4 nitrogen and oxygen atoms in total. The smallest absolute Gasteiger partial charge is 0.147 e. The molecule has 2 aromatic rings. The van der Waals surface area contributed by atoms with E-state index in [4.69, 9.17) is 17.3 Å². The third-order valence-corrected chi connectivity index (χ3v) is 3.64. The minimum atomic E-state index is 0.536. The van der Waals surface area contributed by atoms with E-state index in [1.54, 1.807) is 12.1 Å². The Balaban J connectivity index is 2.39. The molecule has 0 saturated heterocycles. The van der Waals surface area contributed by atoms with E-state index in [9.17, 15) is 5.26 Å². The molecule has 0 fully saturated rings. The molecule has 0 unspecified atom stereocenters. The van der Waals surface area contributed by atoms with Gasteiger partial charge in [-0.1, -0.05) is 11.6 Å². The number of halogens is 1. The molecule has 1 aromatic carbocycles. The van der Waals surface area contributed by atoms with Crippen LogP contribution in [0.25, 0.3) is 0 Å². The fourth-order valence-electron chi connectivity index (χ4n) is 2.28. The van der Waals surface area contributed by atoms with Crippen LogP contribution in [0.1, 0.15) is 22.4 Å². The number of anilines is 2. The molecule has 2 rings (SSSR count). The van der Waals surface area contributed by atoms with E-state index in [-0.39, 0.29) is 0 Å². The lowest BCUT2D eigenvalue weighted by molar-refractivity contribution is 0.887. The molecule has 2 N–H and O–H groups in total. The number of hydrogen-bond donors (Lipinski definition) is 1. The second-order valence-corrected chi connectivity index (χ2v) is 5.51. The molecule has 0 spiro atoms. The maximum Gasteiger partial charge on any atom is 0.147 e. The van der Waals surface area contributed by atoms with Crippen molar-refractivity contribution in [2.45, 2.75) is 20.4 Å². The number of aryl methyl sites for hydroxylation is 2. The number of nitrogen functional groups attached to an aromatic ring is 1. The summed E-state index contributed by atoms with van der Waals surface area (Å²) in [6.45, 7) is 4.37. The van der Waals surface area contributed by atoms with Crippen LogP contribution < -0.4 is 10.6 Å². The van der Waals surface area contributed by atoms with Gasteiger partial charge < -0.3 is 10.6 Å². The summed E-state index contributed by atoms with van der Waals surface area (Å²) in [5, 5.41) is 9.99. The number of hydrogen-bond acceptors (Lipinski definition) is 4. The summed E-state index contributed by atoms with van der Waals surface area (Å²) in [5.41, 5.74) is 9.76. The normalized spacial score (nSPS) is 10.2. The van der Waals surface area contributed by atoms with Gasteiger partial charge in [-0.2, -0.15) is 5.26 Å². The highest BCUT2D eigenvalue weighted by Crippen LogP contribution is 2.25. The molecule has 5 heteroatoms. The number of nitriles is 1. The van der Waals surface area contributed by atoms with Crippen LogP contribution in [-0.2, 0) is 6.54 Å². The van der Waals surface area contributed by atoms with E-state index in [1.807, 2.05) is 37.9 Å². The highest BCUT2D eigenvalue weighted by molar-refractivity contribution is 6.31. The van der Waals surface area contributed by atoms with E-state index in [2.05, 4.69) is 11.1 Å². The summed E-state index contributed by atoms with van der Waals surface area (Å²) in [6.07, 6.45) is 0. The second kappa shape index (κ2) is 6.02. The van der Waals surface area contributed by atoms with Gasteiger partial charge >= 0.3 is 0 Å². The van der Waals surface area contributed by atoms with Gasteiger partial charge in [0.2, 0.25) is 0 Å². The van der Waals surface area contributed by atoms with Crippen LogP contribution >= 0.6 is 11.6 Å². The predicted molar refractivity (Wildman–Crippen MR) is 86.4 cm³/mol. The molecule has 1 aromatic heterocycles. The Kier molecular flexibility index (Phi) is 4.35. The molecular formula is C16H17ClN4. The maximum absolute atomic E-state index is 9.34. The first-order valence-corrected chi connectivity index (χ1v) is 6.93. The van der Waals surface area contributed by atoms with Crippen molar-refractivity contribution in [2.75, 3.05) is 17.7 Å². The fraction of sp³-hybridized carbons (Fsp3) is 0.250. The van der Waals surface area contributed by atoms with Gasteiger partial charge in [-0.05, 0) is 49.2 Å². The molecule has 0 bridgehead atoms. The van der Waals surface area contributed by atoms with Gasteiger partial charge in [0.25, 0.3) is 0 Å². The molecule has 1 heterocycles. The summed E-state index contributed by atoms with van der Waals surface area (Å²) >= 11 is 6.20. The van der Waals surface area contributed by atoms with E-state index in [0.29, 0.717) is 28.6 Å². The first-order valence-electron chi connectivity index (χ1n) is 6.55. The lowest BCUT2D eigenvalue weighted by Gasteiger charge is -2.21. The van der Waals surface area contributed by atoms with E-state index < -0.39 is 0 Å². The van der Waals surface area contributed by atoms with Crippen molar-refractivity contribution in [3.63, 3.8) is 0 Å². The molecule has 108 valence electrons. The van der Waals surface area contributed by atoms with Crippen LogP contribution in [0.4, 0.5) is 11.5 Å². The quantitative estimate of drug-likeness (QED) is 0.882. The molecule has 0 aliphatic carbocycles. The van der Waals surface area contributed by atoms with E-state index in [1.165, 1.54) is 0 Å². The molecule has 21 heavy (non-hydrogen) atoms. The van der Waals surface area contributed by atoms with Gasteiger partial charge in [-0.25, -0.2) is 4.98 Å². The first kappa shape index (κ1) is 15.1. The average Bonchev–Trinajstić information content (AvgIpc) is 2.42. The van der Waals surface area contributed by atoms with Gasteiger partial charge in [0, 0.05) is 30.0 Å². The van der Waals surface area contributed by atoms with Gasteiger partial charge in [-0.15, -0.1) is 0 Å². The van der Waals surface area contributed by atoms with E-state index in [0.717, 1.165) is 16.8 Å². The van der Waals surface area contributed by atoms with E-state index >= 15 is 0 Å². The van der Waals surface area contributed by atoms with Gasteiger partial charge in [0.1, 0.15) is 11.9 Å². The van der Waals surface area contributed by atoms with Crippen molar-refractivity contribution in [3.05, 3.63) is 51.7 Å². The maximum atomic E-state index is 9.34. The van der Waals surface area contributed by atoms with Crippen molar-refractivity contribution in [1.82, 2.24) is 4.98 Å². The highest BCUT2D eigenvalue weighted by atomic mass is 35.5. The predicted octanol–water partition coefficient (Wildman–Crippen LogP) is 3.44.